The van der Waals surface area contributed by atoms with Crippen molar-refractivity contribution >= 4 is 11.4 Å². The molecule has 76 valence electrons. The summed E-state index contributed by atoms with van der Waals surface area (Å²) in [5.41, 5.74) is 1.59. The zero-order valence-corrected chi connectivity index (χ0v) is 8.41. The van der Waals surface area contributed by atoms with Crippen LogP contribution in [0.25, 0.3) is 0 Å². The highest BCUT2D eigenvalue weighted by Gasteiger charge is 2.08. The predicted molar refractivity (Wildman–Crippen MR) is 60.5 cm³/mol. The molecule has 0 aromatic heterocycles. The number of rotatable bonds is 3. The van der Waals surface area contributed by atoms with Crippen LogP contribution in [0.1, 0.15) is 12.5 Å². The highest BCUT2D eigenvalue weighted by Crippen LogP contribution is 2.13. The van der Waals surface area contributed by atoms with Crippen LogP contribution in [-0.2, 0) is 6.42 Å². The number of hydrogen-bond acceptors (Lipinski definition) is 3. The largest absolute Gasteiger partial charge is 0.352 e. The molecular formula is C12H11NO2. The summed E-state index contributed by atoms with van der Waals surface area (Å²) in [7, 11) is 0. The highest BCUT2D eigenvalue weighted by molar-refractivity contribution is 5.61. The second-order valence-electron chi connectivity index (χ2n) is 3.43. The average Bonchev–Trinajstić information content (AvgIpc) is 2.29. The molecule has 0 aliphatic carbocycles. The van der Waals surface area contributed by atoms with E-state index in [2.05, 4.69) is 12.2 Å². The molecule has 0 atom stereocenters. The fourth-order valence-electron chi connectivity index (χ4n) is 1.39. The maximum Gasteiger partial charge on any atom is 0.249 e. The minimum atomic E-state index is -0.436. The monoisotopic (exact) mass is 201 g/mol. The van der Waals surface area contributed by atoms with Gasteiger partial charge in [-0.05, 0) is 24.1 Å². The molecular weight excluding hydrogens is 190 g/mol. The Bertz CT molecular complexity index is 533. The van der Waals surface area contributed by atoms with Crippen LogP contribution in [-0.4, -0.2) is 0 Å². The van der Waals surface area contributed by atoms with Crippen molar-refractivity contribution in [2.75, 3.05) is 5.32 Å². The summed E-state index contributed by atoms with van der Waals surface area (Å²) in [5.74, 6) is 0. The van der Waals surface area contributed by atoms with Crippen molar-refractivity contribution in [2.24, 2.45) is 0 Å². The van der Waals surface area contributed by atoms with Gasteiger partial charge in [0, 0.05) is 11.8 Å². The third-order valence-electron chi connectivity index (χ3n) is 2.39. The summed E-state index contributed by atoms with van der Waals surface area (Å²) in [6.07, 6.45) is 0.987. The van der Waals surface area contributed by atoms with Gasteiger partial charge in [0.1, 0.15) is 0 Å². The van der Waals surface area contributed by atoms with E-state index >= 15 is 0 Å². The van der Waals surface area contributed by atoms with Crippen molar-refractivity contribution < 1.29 is 0 Å². The molecule has 0 saturated heterocycles. The lowest BCUT2D eigenvalue weighted by atomic mass is 10.1. The molecule has 0 heterocycles. The van der Waals surface area contributed by atoms with E-state index in [9.17, 15) is 9.59 Å². The third-order valence-corrected chi connectivity index (χ3v) is 2.39. The zero-order chi connectivity index (χ0) is 10.8. The van der Waals surface area contributed by atoms with Gasteiger partial charge in [0.2, 0.25) is 10.9 Å². The molecule has 0 aliphatic heterocycles. The third kappa shape index (κ3) is 1.81. The molecule has 3 heteroatoms. The van der Waals surface area contributed by atoms with Gasteiger partial charge in [0.05, 0.1) is 5.69 Å². The fraction of sp³-hybridized carbons (Fsp3) is 0.167. The normalized spacial score (nSPS) is 10.5. The van der Waals surface area contributed by atoms with E-state index in [0.29, 0.717) is 5.69 Å². The van der Waals surface area contributed by atoms with Crippen molar-refractivity contribution in [1.29, 1.82) is 0 Å². The van der Waals surface area contributed by atoms with Crippen molar-refractivity contribution in [3.63, 3.8) is 0 Å². The number of benzene rings is 1. The van der Waals surface area contributed by atoms with Crippen molar-refractivity contribution in [2.45, 2.75) is 13.3 Å². The van der Waals surface area contributed by atoms with Gasteiger partial charge in [-0.15, -0.1) is 0 Å². The minimum absolute atomic E-state index is 0.379. The molecule has 0 bridgehead atoms. The first-order chi connectivity index (χ1) is 7.20. The molecule has 0 radical (unpaired) electrons. The van der Waals surface area contributed by atoms with Crippen LogP contribution in [0, 0.1) is 0 Å². The molecule has 1 N–H and O–H groups in total. The molecule has 0 amide bonds. The van der Waals surface area contributed by atoms with E-state index in [1.54, 1.807) is 0 Å². The average molecular weight is 201 g/mol. The molecule has 2 aromatic rings. The van der Waals surface area contributed by atoms with Crippen LogP contribution in [0.15, 0.2) is 39.9 Å². The Hall–Kier alpha value is -1.90. The Kier molecular flexibility index (Phi) is 2.37. The standard InChI is InChI=1S/C12H11NO2/c1-2-8-3-5-9(6-4-8)13-10-7-11(14)12(10)15/h3-7,13H,2H2,1H3. The van der Waals surface area contributed by atoms with Gasteiger partial charge in [0.25, 0.3) is 0 Å². The molecule has 3 nitrogen and oxygen atoms in total. The summed E-state index contributed by atoms with van der Waals surface area (Å²) in [6, 6.07) is 9.10. The first kappa shape index (κ1) is 9.65. The van der Waals surface area contributed by atoms with Crippen LogP contribution in [0.2, 0.25) is 0 Å². The Balaban J connectivity index is 2.16. The molecule has 0 spiro atoms. The lowest BCUT2D eigenvalue weighted by Gasteiger charge is -2.06. The predicted octanol–water partition coefficient (Wildman–Crippen LogP) is 1.59. The summed E-state index contributed by atoms with van der Waals surface area (Å²) < 4.78 is 0. The second-order valence-corrected chi connectivity index (χ2v) is 3.43. The number of hydrogen-bond donors (Lipinski definition) is 1. The number of nitrogens with one attached hydrogen (secondary N) is 1. The van der Waals surface area contributed by atoms with Gasteiger partial charge in [-0.2, -0.15) is 0 Å². The van der Waals surface area contributed by atoms with Crippen LogP contribution >= 0.6 is 0 Å². The molecule has 2 rings (SSSR count). The van der Waals surface area contributed by atoms with Gasteiger partial charge in [-0.25, -0.2) is 0 Å². The Morgan fingerprint density at radius 1 is 1.13 bits per heavy atom. The molecule has 15 heavy (non-hydrogen) atoms. The maximum atomic E-state index is 11.0. The molecule has 0 aliphatic rings. The maximum absolute atomic E-state index is 11.0. The van der Waals surface area contributed by atoms with Crippen molar-refractivity contribution in [3.8, 4) is 0 Å². The van der Waals surface area contributed by atoms with Crippen LogP contribution in [0.4, 0.5) is 11.4 Å². The van der Waals surface area contributed by atoms with Gasteiger partial charge in [-0.3, -0.25) is 9.59 Å². The van der Waals surface area contributed by atoms with Crippen molar-refractivity contribution in [1.82, 2.24) is 0 Å². The van der Waals surface area contributed by atoms with Gasteiger partial charge in [-0.1, -0.05) is 19.1 Å². The van der Waals surface area contributed by atoms with E-state index in [-0.39, 0.29) is 0 Å². The molecule has 0 saturated carbocycles. The number of anilines is 2. The smallest absolute Gasteiger partial charge is 0.249 e. The van der Waals surface area contributed by atoms with Crippen LogP contribution in [0.5, 0.6) is 0 Å². The van der Waals surface area contributed by atoms with Crippen LogP contribution < -0.4 is 16.2 Å². The Labute approximate surface area is 87.1 Å². The van der Waals surface area contributed by atoms with E-state index < -0.39 is 10.9 Å². The van der Waals surface area contributed by atoms with Gasteiger partial charge >= 0.3 is 0 Å². The SMILES string of the molecule is CCc1ccc(Nc2cc(=O)c2=O)cc1. The summed E-state index contributed by atoms with van der Waals surface area (Å²) in [6.45, 7) is 2.08. The quantitative estimate of drug-likeness (QED) is 0.767. The second kappa shape index (κ2) is 3.69. The van der Waals surface area contributed by atoms with E-state index in [0.717, 1.165) is 12.1 Å². The highest BCUT2D eigenvalue weighted by atomic mass is 16.2. The molecule has 2 aromatic carbocycles. The first-order valence-electron chi connectivity index (χ1n) is 4.87. The lowest BCUT2D eigenvalue weighted by Crippen LogP contribution is -2.31. The van der Waals surface area contributed by atoms with Crippen molar-refractivity contribution in [3.05, 3.63) is 56.3 Å². The zero-order valence-electron chi connectivity index (χ0n) is 8.41. The van der Waals surface area contributed by atoms with Gasteiger partial charge in [0.15, 0.2) is 0 Å². The summed E-state index contributed by atoms with van der Waals surface area (Å²) >= 11 is 0. The van der Waals surface area contributed by atoms with Gasteiger partial charge < -0.3 is 5.32 Å². The summed E-state index contributed by atoms with van der Waals surface area (Å²) in [5, 5.41) is 2.90. The number of aryl methyl sites for hydroxylation is 1. The first-order valence-corrected chi connectivity index (χ1v) is 4.87. The fourth-order valence-corrected chi connectivity index (χ4v) is 1.39. The van der Waals surface area contributed by atoms with E-state index in [4.69, 9.17) is 0 Å². The molecule has 0 unspecified atom stereocenters. The Morgan fingerprint density at radius 2 is 1.80 bits per heavy atom. The Morgan fingerprint density at radius 3 is 2.27 bits per heavy atom. The summed E-state index contributed by atoms with van der Waals surface area (Å²) in [4.78, 5) is 21.7. The van der Waals surface area contributed by atoms with E-state index in [1.807, 2.05) is 24.3 Å². The molecule has 0 fully saturated rings. The van der Waals surface area contributed by atoms with Crippen LogP contribution in [0.3, 0.4) is 0 Å². The lowest BCUT2D eigenvalue weighted by molar-refractivity contribution is 1.14. The minimum Gasteiger partial charge on any atom is -0.352 e. The van der Waals surface area contributed by atoms with E-state index in [1.165, 1.54) is 11.6 Å². The topological polar surface area (TPSA) is 46.2 Å².